The van der Waals surface area contributed by atoms with Gasteiger partial charge in [0.15, 0.2) is 0 Å². The quantitative estimate of drug-likeness (QED) is 0.414. The van der Waals surface area contributed by atoms with Crippen LogP contribution in [0.3, 0.4) is 0 Å². The van der Waals surface area contributed by atoms with Crippen LogP contribution in [0.5, 0.6) is 0 Å². The number of hydrogen-bond donors (Lipinski definition) is 3. The Morgan fingerprint density at radius 3 is 2.75 bits per heavy atom. The second kappa shape index (κ2) is 3.80. The van der Waals surface area contributed by atoms with Gasteiger partial charge in [-0.25, -0.2) is 0 Å². The molecule has 6 heteroatoms. The smallest absolute Gasteiger partial charge is 0.302 e. The first-order valence-electron chi connectivity index (χ1n) is 3.85. The molecule has 1 rings (SSSR count). The summed E-state index contributed by atoms with van der Waals surface area (Å²) in [6.07, 6.45) is 2.50. The lowest BCUT2D eigenvalue weighted by Crippen LogP contribution is -2.54. The largest absolute Gasteiger partial charge is 0.313 e. The molecule has 5 N–H and O–H groups in total. The monoisotopic (exact) mass is 194 g/mol. The molecule has 0 bridgehead atoms. The molecule has 0 spiro atoms. The summed E-state index contributed by atoms with van der Waals surface area (Å²) in [7, 11) is 0. The molecule has 1 aliphatic rings. The third-order valence-corrected chi connectivity index (χ3v) is 2.43. The van der Waals surface area contributed by atoms with Crippen LogP contribution in [0.4, 0.5) is 0 Å². The van der Waals surface area contributed by atoms with Crippen molar-refractivity contribution in [3.8, 4) is 0 Å². The van der Waals surface area contributed by atoms with Gasteiger partial charge < -0.3 is 11.5 Å². The van der Waals surface area contributed by atoms with Crippen molar-refractivity contribution >= 4 is 11.4 Å². The van der Waals surface area contributed by atoms with Crippen molar-refractivity contribution in [1.82, 2.24) is 0 Å². The lowest BCUT2D eigenvalue weighted by Gasteiger charge is -2.33. The summed E-state index contributed by atoms with van der Waals surface area (Å²) >= 11 is -2.21. The Balaban J connectivity index is 2.41. The van der Waals surface area contributed by atoms with Gasteiger partial charge in [0.2, 0.25) is 0 Å². The summed E-state index contributed by atoms with van der Waals surface area (Å²) in [4.78, 5) is 0. The van der Waals surface area contributed by atoms with Crippen molar-refractivity contribution in [2.75, 3.05) is 0 Å². The zero-order valence-corrected chi connectivity index (χ0v) is 7.55. The van der Waals surface area contributed by atoms with Crippen molar-refractivity contribution < 1.29 is 12.9 Å². The maximum Gasteiger partial charge on any atom is 0.302 e. The molecule has 72 valence electrons. The highest BCUT2D eigenvalue weighted by molar-refractivity contribution is 7.74. The Labute approximate surface area is 73.9 Å². The van der Waals surface area contributed by atoms with Gasteiger partial charge in [0.25, 0.3) is 0 Å². The molecule has 2 atom stereocenters. The lowest BCUT2D eigenvalue weighted by molar-refractivity contribution is 0.114. The van der Waals surface area contributed by atoms with Gasteiger partial charge >= 0.3 is 11.4 Å². The molecule has 1 fully saturated rings. The molecule has 0 heterocycles. The average molecular weight is 194 g/mol. The van der Waals surface area contributed by atoms with Gasteiger partial charge in [-0.3, -0.25) is 8.74 Å². The topological polar surface area (TPSA) is 98.6 Å². The Kier molecular flexibility index (Phi) is 3.19. The fourth-order valence-electron chi connectivity index (χ4n) is 1.49. The molecule has 2 unspecified atom stereocenters. The van der Waals surface area contributed by atoms with Crippen molar-refractivity contribution in [3.63, 3.8) is 0 Å². The van der Waals surface area contributed by atoms with E-state index in [1.165, 1.54) is 0 Å². The highest BCUT2D eigenvalue weighted by Crippen LogP contribution is 2.24. The van der Waals surface area contributed by atoms with Crippen LogP contribution in [-0.2, 0) is 15.5 Å². The first-order valence-corrected chi connectivity index (χ1v) is 4.88. The maximum absolute atomic E-state index is 10.3. The van der Waals surface area contributed by atoms with Crippen LogP contribution in [0, 0.1) is 0 Å². The zero-order chi connectivity index (χ0) is 9.19. The van der Waals surface area contributed by atoms with Crippen LogP contribution < -0.4 is 11.5 Å². The van der Waals surface area contributed by atoms with E-state index in [4.69, 9.17) is 20.2 Å². The second-order valence-electron chi connectivity index (χ2n) is 3.26. The van der Waals surface area contributed by atoms with E-state index in [2.05, 4.69) is 0 Å². The van der Waals surface area contributed by atoms with Gasteiger partial charge in [0.1, 0.15) is 0 Å². The third-order valence-electron chi connectivity index (χ3n) is 1.99. The summed E-state index contributed by atoms with van der Waals surface area (Å²) in [6.45, 7) is 0. The highest BCUT2D eigenvalue weighted by Gasteiger charge is 2.30. The van der Waals surface area contributed by atoms with Gasteiger partial charge in [-0.05, 0) is 19.3 Å². The van der Waals surface area contributed by atoms with Crippen molar-refractivity contribution in [3.05, 3.63) is 0 Å². The SMILES string of the molecule is NC1(N)CCCC(OS(=O)O)C1. The van der Waals surface area contributed by atoms with Crippen molar-refractivity contribution in [1.29, 1.82) is 0 Å². The van der Waals surface area contributed by atoms with E-state index in [0.717, 1.165) is 19.3 Å². The fourth-order valence-corrected chi connectivity index (χ4v) is 1.88. The van der Waals surface area contributed by atoms with E-state index < -0.39 is 17.0 Å². The summed E-state index contributed by atoms with van der Waals surface area (Å²) in [5.41, 5.74) is 10.6. The molecule has 0 saturated heterocycles. The van der Waals surface area contributed by atoms with Crippen LogP contribution in [0.25, 0.3) is 0 Å². The van der Waals surface area contributed by atoms with E-state index in [1.54, 1.807) is 0 Å². The molecule has 12 heavy (non-hydrogen) atoms. The number of nitrogens with two attached hydrogens (primary N) is 2. The Morgan fingerprint density at radius 1 is 1.58 bits per heavy atom. The first kappa shape index (κ1) is 10.1. The molecule has 1 aliphatic carbocycles. The van der Waals surface area contributed by atoms with Gasteiger partial charge in [0.05, 0.1) is 11.8 Å². The van der Waals surface area contributed by atoms with Crippen molar-refractivity contribution in [2.24, 2.45) is 11.5 Å². The van der Waals surface area contributed by atoms with E-state index >= 15 is 0 Å². The molecule has 0 aromatic carbocycles. The summed E-state index contributed by atoms with van der Waals surface area (Å²) < 4.78 is 23.4. The standard InChI is InChI=1S/C6H14N2O3S/c7-6(8)3-1-2-5(4-6)11-12(9)10/h5H,1-4,7-8H2,(H,9,10). The molecular formula is C6H14N2O3S. The van der Waals surface area contributed by atoms with Gasteiger partial charge in [0, 0.05) is 6.42 Å². The molecule has 0 radical (unpaired) electrons. The Hall–Kier alpha value is -0.0100. The molecule has 0 aromatic rings. The van der Waals surface area contributed by atoms with E-state index in [0.29, 0.717) is 6.42 Å². The third kappa shape index (κ3) is 3.16. The molecule has 1 saturated carbocycles. The van der Waals surface area contributed by atoms with Crippen LogP contribution in [0.15, 0.2) is 0 Å². The van der Waals surface area contributed by atoms with Crippen LogP contribution >= 0.6 is 0 Å². The van der Waals surface area contributed by atoms with Gasteiger partial charge in [-0.1, -0.05) is 0 Å². The predicted octanol–water partition coefficient (Wildman–Crippen LogP) is -0.304. The summed E-state index contributed by atoms with van der Waals surface area (Å²) in [5, 5.41) is 0. The maximum atomic E-state index is 10.3. The minimum Gasteiger partial charge on any atom is -0.313 e. The van der Waals surface area contributed by atoms with Crippen LogP contribution in [-0.4, -0.2) is 20.5 Å². The van der Waals surface area contributed by atoms with E-state index in [1.807, 2.05) is 0 Å². The molecular weight excluding hydrogens is 180 g/mol. The lowest BCUT2D eigenvalue weighted by atomic mass is 9.89. The first-order chi connectivity index (χ1) is 5.49. The molecule has 0 aliphatic heterocycles. The summed E-state index contributed by atoms with van der Waals surface area (Å²) in [5.74, 6) is 0. The summed E-state index contributed by atoms with van der Waals surface area (Å²) in [6, 6.07) is 0. The highest BCUT2D eigenvalue weighted by atomic mass is 32.2. The Morgan fingerprint density at radius 2 is 2.25 bits per heavy atom. The zero-order valence-electron chi connectivity index (χ0n) is 6.73. The Bertz CT molecular complexity index is 186. The van der Waals surface area contributed by atoms with Crippen LogP contribution in [0.2, 0.25) is 0 Å². The number of rotatable bonds is 2. The predicted molar refractivity (Wildman–Crippen MR) is 45.2 cm³/mol. The minimum absolute atomic E-state index is 0.278. The van der Waals surface area contributed by atoms with Gasteiger partial charge in [-0.15, -0.1) is 0 Å². The van der Waals surface area contributed by atoms with Crippen molar-refractivity contribution in [2.45, 2.75) is 37.5 Å². The molecule has 5 nitrogen and oxygen atoms in total. The average Bonchev–Trinajstić information content (AvgIpc) is 1.82. The van der Waals surface area contributed by atoms with E-state index in [9.17, 15) is 4.21 Å². The van der Waals surface area contributed by atoms with Gasteiger partial charge in [-0.2, -0.15) is 4.21 Å². The second-order valence-corrected chi connectivity index (χ2v) is 3.89. The molecule has 0 aromatic heterocycles. The fraction of sp³-hybridized carbons (Fsp3) is 1.00. The van der Waals surface area contributed by atoms with Crippen LogP contribution in [0.1, 0.15) is 25.7 Å². The van der Waals surface area contributed by atoms with E-state index in [-0.39, 0.29) is 6.10 Å². The minimum atomic E-state index is -2.21. The normalized spacial score (nSPS) is 31.4. The molecule has 0 amide bonds. The number of hydrogen-bond acceptors (Lipinski definition) is 4.